The lowest BCUT2D eigenvalue weighted by molar-refractivity contribution is -0.0570. The summed E-state index contributed by atoms with van der Waals surface area (Å²) in [4.78, 5) is 5.46. The smallest absolute Gasteiger partial charge is 0.379 e. The van der Waals surface area contributed by atoms with E-state index in [1.807, 2.05) is 18.2 Å². The standard InChI is InChI=1S/C20H32N3O3/c1-2-3-4-5-6-9-13-24-15-16-26-20-17-25-14-12-23(20)19-11-8-7-10-18(19)22-21/h7-8,10-11,20H,2-6,9,12-17H2,1H3/q+1. The molecule has 1 saturated heterocycles. The van der Waals surface area contributed by atoms with Gasteiger partial charge in [-0.3, -0.25) is 0 Å². The number of morpholine rings is 1. The zero-order valence-corrected chi connectivity index (χ0v) is 15.9. The van der Waals surface area contributed by atoms with Crippen LogP contribution in [-0.2, 0) is 14.2 Å². The minimum absolute atomic E-state index is 0.190. The van der Waals surface area contributed by atoms with Crippen LogP contribution >= 0.6 is 0 Å². The topological polar surface area (TPSA) is 59.1 Å². The van der Waals surface area contributed by atoms with E-state index in [1.54, 1.807) is 6.07 Å². The van der Waals surface area contributed by atoms with Crippen molar-refractivity contribution >= 4 is 11.4 Å². The molecule has 144 valence electrons. The summed E-state index contributed by atoms with van der Waals surface area (Å²) in [6.07, 6.45) is 7.42. The number of rotatable bonds is 12. The molecular weight excluding hydrogens is 330 g/mol. The van der Waals surface area contributed by atoms with Crippen LogP contribution in [0.1, 0.15) is 45.4 Å². The summed E-state index contributed by atoms with van der Waals surface area (Å²) in [5.41, 5.74) is 1.40. The van der Waals surface area contributed by atoms with Crippen molar-refractivity contribution < 1.29 is 14.2 Å². The van der Waals surface area contributed by atoms with Crippen LogP contribution in [0.3, 0.4) is 0 Å². The van der Waals surface area contributed by atoms with Crippen LogP contribution in [0.25, 0.3) is 4.98 Å². The molecule has 1 aromatic rings. The number of diazo groups is 1. The Morgan fingerprint density at radius 2 is 1.92 bits per heavy atom. The molecule has 0 N–H and O–H groups in total. The average molecular weight is 362 g/mol. The largest absolute Gasteiger partial charge is 0.408 e. The van der Waals surface area contributed by atoms with Crippen LogP contribution in [0.2, 0.25) is 0 Å². The second-order valence-corrected chi connectivity index (χ2v) is 6.56. The van der Waals surface area contributed by atoms with Crippen molar-refractivity contribution in [1.29, 1.82) is 5.39 Å². The summed E-state index contributed by atoms with van der Waals surface area (Å²) < 4.78 is 17.2. The van der Waals surface area contributed by atoms with Gasteiger partial charge in [0.15, 0.2) is 11.2 Å². The maximum atomic E-state index is 9.21. The molecule has 1 fully saturated rings. The number of para-hydroxylation sites is 1. The molecule has 2 rings (SSSR count). The number of anilines is 1. The van der Waals surface area contributed by atoms with Crippen LogP contribution in [0, 0.1) is 5.39 Å². The van der Waals surface area contributed by atoms with Crippen molar-refractivity contribution in [1.82, 2.24) is 0 Å². The van der Waals surface area contributed by atoms with Gasteiger partial charge in [-0.15, -0.1) is 0 Å². The SMILES string of the molecule is CCCCCCCCOCCOC1COCCN1c1ccccc1[N+]#N. The molecule has 1 heterocycles. The molecule has 1 aromatic carbocycles. The van der Waals surface area contributed by atoms with E-state index in [0.717, 1.165) is 18.7 Å². The number of ether oxygens (including phenoxy) is 3. The lowest BCUT2D eigenvalue weighted by Crippen LogP contribution is -2.47. The lowest BCUT2D eigenvalue weighted by atomic mass is 10.1. The zero-order chi connectivity index (χ0) is 18.5. The molecule has 1 atom stereocenters. The van der Waals surface area contributed by atoms with E-state index in [0.29, 0.717) is 38.7 Å². The van der Waals surface area contributed by atoms with E-state index in [9.17, 15) is 5.39 Å². The molecule has 0 amide bonds. The van der Waals surface area contributed by atoms with Crippen LogP contribution in [0.5, 0.6) is 0 Å². The second-order valence-electron chi connectivity index (χ2n) is 6.56. The zero-order valence-electron chi connectivity index (χ0n) is 15.9. The molecule has 0 aliphatic carbocycles. The molecule has 6 nitrogen and oxygen atoms in total. The Morgan fingerprint density at radius 1 is 1.12 bits per heavy atom. The summed E-state index contributed by atoms with van der Waals surface area (Å²) in [5.74, 6) is 0. The predicted octanol–water partition coefficient (Wildman–Crippen LogP) is 4.73. The third-order valence-corrected chi connectivity index (χ3v) is 4.56. The molecule has 1 aliphatic heterocycles. The Labute approximate surface area is 157 Å². The van der Waals surface area contributed by atoms with E-state index in [2.05, 4.69) is 16.8 Å². The van der Waals surface area contributed by atoms with Crippen molar-refractivity contribution in [2.45, 2.75) is 51.7 Å². The normalized spacial score (nSPS) is 17.2. The molecular formula is C20H32N3O3+. The van der Waals surface area contributed by atoms with Crippen molar-refractivity contribution in [3.63, 3.8) is 0 Å². The first-order valence-corrected chi connectivity index (χ1v) is 9.84. The maximum absolute atomic E-state index is 9.21. The van der Waals surface area contributed by atoms with E-state index in [1.165, 1.54) is 32.1 Å². The van der Waals surface area contributed by atoms with Crippen LogP contribution in [0.15, 0.2) is 24.3 Å². The molecule has 6 heteroatoms. The van der Waals surface area contributed by atoms with Crippen molar-refractivity contribution in [2.75, 3.05) is 44.5 Å². The average Bonchev–Trinajstić information content (AvgIpc) is 2.69. The highest BCUT2D eigenvalue weighted by atomic mass is 16.6. The van der Waals surface area contributed by atoms with Crippen molar-refractivity contribution in [3.8, 4) is 0 Å². The molecule has 0 bridgehead atoms. The maximum Gasteiger partial charge on any atom is 0.408 e. The summed E-state index contributed by atoms with van der Waals surface area (Å²) >= 11 is 0. The van der Waals surface area contributed by atoms with Gasteiger partial charge in [0.2, 0.25) is 5.39 Å². The molecule has 1 aliphatic rings. The van der Waals surface area contributed by atoms with Crippen LogP contribution in [-0.4, -0.2) is 45.8 Å². The number of unbranched alkanes of at least 4 members (excludes halogenated alkanes) is 5. The highest BCUT2D eigenvalue weighted by Crippen LogP contribution is 2.31. The first-order valence-electron chi connectivity index (χ1n) is 9.84. The van der Waals surface area contributed by atoms with Gasteiger partial charge in [-0.25, -0.2) is 0 Å². The number of benzene rings is 1. The van der Waals surface area contributed by atoms with Crippen molar-refractivity contribution in [3.05, 3.63) is 29.2 Å². The molecule has 0 spiro atoms. The fraction of sp³-hybridized carbons (Fsp3) is 0.700. The minimum atomic E-state index is -0.190. The Bertz CT molecular complexity index is 547. The lowest BCUT2D eigenvalue weighted by Gasteiger charge is -2.35. The van der Waals surface area contributed by atoms with Gasteiger partial charge in [0.25, 0.3) is 0 Å². The van der Waals surface area contributed by atoms with Gasteiger partial charge in [0, 0.05) is 19.2 Å². The number of hydrogen-bond acceptors (Lipinski definition) is 5. The first-order chi connectivity index (χ1) is 12.9. The van der Waals surface area contributed by atoms with Crippen LogP contribution in [0.4, 0.5) is 11.4 Å². The summed E-state index contributed by atoms with van der Waals surface area (Å²) in [6.45, 7) is 5.98. The minimum Gasteiger partial charge on any atom is -0.379 e. The third-order valence-electron chi connectivity index (χ3n) is 4.56. The van der Waals surface area contributed by atoms with Gasteiger partial charge < -0.3 is 19.1 Å². The quantitative estimate of drug-likeness (QED) is 0.397. The third kappa shape index (κ3) is 6.91. The van der Waals surface area contributed by atoms with E-state index in [-0.39, 0.29) is 6.23 Å². The van der Waals surface area contributed by atoms with Gasteiger partial charge in [-0.05, 0) is 12.5 Å². The molecule has 0 aromatic heterocycles. The Kier molecular flexibility index (Phi) is 10.0. The number of hydrogen-bond donors (Lipinski definition) is 0. The fourth-order valence-corrected chi connectivity index (χ4v) is 3.12. The summed E-state index contributed by atoms with van der Waals surface area (Å²) in [6, 6.07) is 7.50. The van der Waals surface area contributed by atoms with E-state index < -0.39 is 0 Å². The summed E-state index contributed by atoms with van der Waals surface area (Å²) in [7, 11) is 0. The fourth-order valence-electron chi connectivity index (χ4n) is 3.12. The summed E-state index contributed by atoms with van der Waals surface area (Å²) in [5, 5.41) is 9.21. The molecule has 1 unspecified atom stereocenters. The molecule has 26 heavy (non-hydrogen) atoms. The molecule has 0 radical (unpaired) electrons. The number of nitrogens with zero attached hydrogens (tertiary/aromatic N) is 3. The highest BCUT2D eigenvalue weighted by Gasteiger charge is 2.29. The Hall–Kier alpha value is -1.68. The van der Waals surface area contributed by atoms with E-state index >= 15 is 0 Å². The van der Waals surface area contributed by atoms with Gasteiger partial charge >= 0.3 is 5.69 Å². The van der Waals surface area contributed by atoms with Crippen LogP contribution < -0.4 is 4.90 Å². The predicted molar refractivity (Wildman–Crippen MR) is 103 cm³/mol. The second kappa shape index (κ2) is 12.6. The highest BCUT2D eigenvalue weighted by molar-refractivity contribution is 5.70. The Balaban J connectivity index is 1.67. The van der Waals surface area contributed by atoms with Gasteiger partial charge in [-0.2, -0.15) is 0 Å². The van der Waals surface area contributed by atoms with Gasteiger partial charge in [0.1, 0.15) is 5.69 Å². The van der Waals surface area contributed by atoms with Gasteiger partial charge in [-0.1, -0.05) is 51.2 Å². The first kappa shape index (κ1) is 20.6. The monoisotopic (exact) mass is 362 g/mol. The van der Waals surface area contributed by atoms with E-state index in [4.69, 9.17) is 14.2 Å². The van der Waals surface area contributed by atoms with Crippen molar-refractivity contribution in [2.24, 2.45) is 0 Å². The molecule has 0 saturated carbocycles. The van der Waals surface area contributed by atoms with Gasteiger partial charge in [0.05, 0.1) is 26.4 Å². The Morgan fingerprint density at radius 3 is 2.77 bits per heavy atom.